The van der Waals surface area contributed by atoms with Crippen LogP contribution < -0.4 is 10.1 Å². The molecular formula is C14H13F2N3O4. The number of aryl methyl sites for hydroxylation is 1. The number of carbonyl (C=O) groups is 2. The van der Waals surface area contributed by atoms with Crippen molar-refractivity contribution in [2.75, 3.05) is 5.32 Å². The number of nitrogens with zero attached hydrogens (tertiary/aromatic N) is 2. The minimum absolute atomic E-state index is 0.0236. The van der Waals surface area contributed by atoms with Gasteiger partial charge in [-0.25, -0.2) is 0 Å². The molecule has 0 saturated carbocycles. The molecule has 122 valence electrons. The minimum Gasteiger partial charge on any atom is -0.481 e. The van der Waals surface area contributed by atoms with Crippen LogP contribution in [0.2, 0.25) is 0 Å². The molecule has 0 saturated heterocycles. The van der Waals surface area contributed by atoms with Gasteiger partial charge >= 0.3 is 12.6 Å². The maximum absolute atomic E-state index is 12.1. The van der Waals surface area contributed by atoms with E-state index in [0.29, 0.717) is 5.69 Å². The Balaban J connectivity index is 2.02. The molecule has 0 spiro atoms. The minimum atomic E-state index is -2.92. The predicted octanol–water partition coefficient (Wildman–Crippen LogP) is 2.21. The molecule has 9 heteroatoms. The highest BCUT2D eigenvalue weighted by Gasteiger charge is 2.13. The Labute approximate surface area is 129 Å². The summed E-state index contributed by atoms with van der Waals surface area (Å²) in [7, 11) is 0. The number of hydrogen-bond acceptors (Lipinski definition) is 4. The first-order valence-electron chi connectivity index (χ1n) is 6.55. The molecule has 1 aromatic heterocycles. The van der Waals surface area contributed by atoms with Gasteiger partial charge in [0.25, 0.3) is 5.91 Å². The van der Waals surface area contributed by atoms with E-state index >= 15 is 0 Å². The molecule has 0 bridgehead atoms. The molecule has 1 amide bonds. The van der Waals surface area contributed by atoms with Crippen molar-refractivity contribution in [3.63, 3.8) is 0 Å². The van der Waals surface area contributed by atoms with Gasteiger partial charge in [-0.3, -0.25) is 14.3 Å². The van der Waals surface area contributed by atoms with Crippen LogP contribution in [0.15, 0.2) is 36.5 Å². The lowest BCUT2D eigenvalue weighted by atomic mass is 10.3. The number of amides is 1. The molecule has 0 fully saturated rings. The largest absolute Gasteiger partial charge is 0.481 e. The molecule has 0 aliphatic heterocycles. The topological polar surface area (TPSA) is 93.5 Å². The van der Waals surface area contributed by atoms with E-state index in [9.17, 15) is 18.4 Å². The average Bonchev–Trinajstić information content (AvgIpc) is 2.95. The van der Waals surface area contributed by atoms with Crippen molar-refractivity contribution in [2.24, 2.45) is 0 Å². The van der Waals surface area contributed by atoms with Crippen LogP contribution in [0.25, 0.3) is 0 Å². The smallest absolute Gasteiger partial charge is 0.387 e. The predicted molar refractivity (Wildman–Crippen MR) is 75.5 cm³/mol. The first-order valence-corrected chi connectivity index (χ1v) is 6.55. The third kappa shape index (κ3) is 4.77. The first-order chi connectivity index (χ1) is 11.0. The second-order valence-electron chi connectivity index (χ2n) is 4.44. The molecule has 2 N–H and O–H groups in total. The van der Waals surface area contributed by atoms with Gasteiger partial charge in [-0.05, 0) is 30.3 Å². The highest BCUT2D eigenvalue weighted by atomic mass is 19.3. The summed E-state index contributed by atoms with van der Waals surface area (Å²) in [5, 5.41) is 15.1. The summed E-state index contributed by atoms with van der Waals surface area (Å²) >= 11 is 0. The fourth-order valence-corrected chi connectivity index (χ4v) is 1.82. The number of ether oxygens (including phenoxy) is 1. The molecule has 1 aromatic carbocycles. The molecular weight excluding hydrogens is 312 g/mol. The van der Waals surface area contributed by atoms with E-state index in [4.69, 9.17) is 5.11 Å². The van der Waals surface area contributed by atoms with Gasteiger partial charge in [0.1, 0.15) is 11.4 Å². The Bertz CT molecular complexity index is 686. The summed E-state index contributed by atoms with van der Waals surface area (Å²) in [6.07, 6.45) is 1.22. The van der Waals surface area contributed by atoms with Crippen LogP contribution in [0.3, 0.4) is 0 Å². The first kappa shape index (κ1) is 16.4. The van der Waals surface area contributed by atoms with Crippen LogP contribution in [-0.4, -0.2) is 33.4 Å². The number of anilines is 1. The van der Waals surface area contributed by atoms with Crippen molar-refractivity contribution >= 4 is 17.6 Å². The third-order valence-corrected chi connectivity index (χ3v) is 2.82. The zero-order chi connectivity index (χ0) is 16.8. The van der Waals surface area contributed by atoms with Gasteiger partial charge in [0.05, 0.1) is 13.0 Å². The molecule has 0 radical (unpaired) electrons. The number of hydrogen-bond donors (Lipinski definition) is 2. The Kier molecular flexibility index (Phi) is 5.23. The molecule has 2 aromatic rings. The summed E-state index contributed by atoms with van der Waals surface area (Å²) in [4.78, 5) is 22.7. The Morgan fingerprint density at radius 3 is 2.57 bits per heavy atom. The lowest BCUT2D eigenvalue weighted by Gasteiger charge is -2.09. The van der Waals surface area contributed by atoms with Gasteiger partial charge in [0, 0.05) is 11.9 Å². The zero-order valence-corrected chi connectivity index (χ0v) is 11.8. The van der Waals surface area contributed by atoms with Crippen LogP contribution in [0.1, 0.15) is 16.9 Å². The van der Waals surface area contributed by atoms with E-state index in [0.717, 1.165) is 0 Å². The Hall–Kier alpha value is -2.97. The summed E-state index contributed by atoms with van der Waals surface area (Å²) in [6.45, 7) is -2.86. The molecule has 7 nitrogen and oxygen atoms in total. The number of carbonyl (C=O) groups excluding carboxylic acids is 1. The maximum atomic E-state index is 12.1. The number of nitrogens with one attached hydrogen (secondary N) is 1. The van der Waals surface area contributed by atoms with Gasteiger partial charge in [0.2, 0.25) is 0 Å². The van der Waals surface area contributed by atoms with Crippen LogP contribution in [0.4, 0.5) is 14.5 Å². The van der Waals surface area contributed by atoms with E-state index in [2.05, 4.69) is 15.2 Å². The van der Waals surface area contributed by atoms with E-state index in [1.54, 1.807) is 0 Å². The average molecular weight is 325 g/mol. The summed E-state index contributed by atoms with van der Waals surface area (Å²) in [5.41, 5.74) is 0.571. The number of carboxylic acids is 1. The second kappa shape index (κ2) is 7.34. The number of carboxylic acid groups (broad SMARTS) is 1. The molecule has 2 rings (SSSR count). The van der Waals surface area contributed by atoms with E-state index in [1.807, 2.05) is 0 Å². The fraction of sp³-hybridized carbons (Fsp3) is 0.214. The SMILES string of the molecule is O=C(O)CCn1nccc1C(=O)Nc1ccc(OC(F)F)cc1. The van der Waals surface area contributed by atoms with E-state index in [-0.39, 0.29) is 24.4 Å². The zero-order valence-electron chi connectivity index (χ0n) is 11.8. The Morgan fingerprint density at radius 1 is 1.26 bits per heavy atom. The van der Waals surface area contributed by atoms with Crippen molar-refractivity contribution in [3.8, 4) is 5.75 Å². The number of aliphatic carboxylic acids is 1. The normalized spacial score (nSPS) is 10.6. The summed E-state index contributed by atoms with van der Waals surface area (Å²) in [5.74, 6) is -1.51. The highest BCUT2D eigenvalue weighted by molar-refractivity contribution is 6.03. The van der Waals surface area contributed by atoms with Crippen molar-refractivity contribution < 1.29 is 28.2 Å². The number of aromatic nitrogens is 2. The van der Waals surface area contributed by atoms with Crippen molar-refractivity contribution in [2.45, 2.75) is 19.6 Å². The number of rotatable bonds is 7. The molecule has 23 heavy (non-hydrogen) atoms. The van der Waals surface area contributed by atoms with Crippen LogP contribution in [0, 0.1) is 0 Å². The molecule has 0 aliphatic carbocycles. The van der Waals surface area contributed by atoms with Gasteiger partial charge in [0.15, 0.2) is 0 Å². The maximum Gasteiger partial charge on any atom is 0.387 e. The van der Waals surface area contributed by atoms with Crippen molar-refractivity contribution in [1.29, 1.82) is 0 Å². The van der Waals surface area contributed by atoms with Gasteiger partial charge in [-0.1, -0.05) is 0 Å². The van der Waals surface area contributed by atoms with Crippen LogP contribution >= 0.6 is 0 Å². The molecule has 0 atom stereocenters. The molecule has 1 heterocycles. The number of benzene rings is 1. The standard InChI is InChI=1S/C14H13F2N3O4/c15-14(16)23-10-3-1-9(2-4-10)18-13(22)11-5-7-17-19(11)8-6-12(20)21/h1-5,7,14H,6,8H2,(H,18,22)(H,20,21). The quantitative estimate of drug-likeness (QED) is 0.814. The number of alkyl halides is 2. The Morgan fingerprint density at radius 2 is 1.96 bits per heavy atom. The highest BCUT2D eigenvalue weighted by Crippen LogP contribution is 2.18. The van der Waals surface area contributed by atoms with Crippen molar-refractivity contribution in [1.82, 2.24) is 9.78 Å². The lowest BCUT2D eigenvalue weighted by molar-refractivity contribution is -0.137. The molecule has 0 aliphatic rings. The third-order valence-electron chi connectivity index (χ3n) is 2.82. The summed E-state index contributed by atoms with van der Waals surface area (Å²) in [6, 6.07) is 6.86. The fourth-order valence-electron chi connectivity index (χ4n) is 1.82. The van der Waals surface area contributed by atoms with Gasteiger partial charge in [-0.15, -0.1) is 0 Å². The number of halogens is 2. The monoisotopic (exact) mass is 325 g/mol. The van der Waals surface area contributed by atoms with E-state index in [1.165, 1.54) is 41.2 Å². The lowest BCUT2D eigenvalue weighted by Crippen LogP contribution is -2.18. The van der Waals surface area contributed by atoms with Gasteiger partial charge in [-0.2, -0.15) is 13.9 Å². The van der Waals surface area contributed by atoms with Gasteiger partial charge < -0.3 is 15.2 Å². The van der Waals surface area contributed by atoms with E-state index < -0.39 is 18.5 Å². The second-order valence-corrected chi connectivity index (χ2v) is 4.44. The summed E-state index contributed by atoms with van der Waals surface area (Å²) < 4.78 is 29.6. The van der Waals surface area contributed by atoms with Crippen LogP contribution in [0.5, 0.6) is 5.75 Å². The van der Waals surface area contributed by atoms with Crippen LogP contribution in [-0.2, 0) is 11.3 Å². The van der Waals surface area contributed by atoms with Crippen molar-refractivity contribution in [3.05, 3.63) is 42.2 Å². The molecule has 0 unspecified atom stereocenters.